The van der Waals surface area contributed by atoms with Gasteiger partial charge in [-0.3, -0.25) is 19.7 Å². The molecule has 4 aromatic rings. The van der Waals surface area contributed by atoms with Crippen molar-refractivity contribution < 1.29 is 18.0 Å². The van der Waals surface area contributed by atoms with E-state index in [0.717, 1.165) is 36.1 Å². The second kappa shape index (κ2) is 12.6. The maximum absolute atomic E-state index is 14.0. The van der Waals surface area contributed by atoms with Gasteiger partial charge in [-0.05, 0) is 73.6 Å². The van der Waals surface area contributed by atoms with Crippen LogP contribution in [0.1, 0.15) is 38.2 Å². The summed E-state index contributed by atoms with van der Waals surface area (Å²) in [4.78, 5) is 25.9. The average Bonchev–Trinajstić information content (AvgIpc) is 2.99. The molecule has 1 fully saturated rings. The quantitative estimate of drug-likeness (QED) is 0.305. The average molecular weight is 570 g/mol. The molecule has 214 valence electrons. The molecule has 0 aliphatic carbocycles. The zero-order valence-electron chi connectivity index (χ0n) is 23.4. The standard InChI is InChI=1S/C33H30F3N5O/c1-23-6-9-26(19-25(23)10-7-24-8-13-31(38-21-24)30-5-3-4-14-37-30)32(42)39-28-12-11-27(29(20-28)33(34,35)36)22-41-17-15-40(2)16-18-41/h3-6,8-9,11-14,19-21H,15-18,22H2,1-2H3,(H,39,42). The van der Waals surface area contributed by atoms with Gasteiger partial charge in [0.2, 0.25) is 0 Å². The summed E-state index contributed by atoms with van der Waals surface area (Å²) in [6.07, 6.45) is -1.18. The summed E-state index contributed by atoms with van der Waals surface area (Å²) in [6, 6.07) is 18.3. The van der Waals surface area contributed by atoms with Crippen LogP contribution >= 0.6 is 0 Å². The normalized spacial score (nSPS) is 14.2. The second-order valence-electron chi connectivity index (χ2n) is 10.3. The van der Waals surface area contributed by atoms with Crippen molar-refractivity contribution in [1.82, 2.24) is 19.8 Å². The minimum absolute atomic E-state index is 0.0849. The minimum Gasteiger partial charge on any atom is -0.322 e. The van der Waals surface area contributed by atoms with E-state index in [9.17, 15) is 18.0 Å². The van der Waals surface area contributed by atoms with Crippen molar-refractivity contribution in [3.63, 3.8) is 0 Å². The van der Waals surface area contributed by atoms with Crippen molar-refractivity contribution in [2.75, 3.05) is 38.5 Å². The lowest BCUT2D eigenvalue weighted by Gasteiger charge is -2.33. The Hall–Kier alpha value is -4.52. The Kier molecular flexibility index (Phi) is 8.67. The minimum atomic E-state index is -4.54. The number of alkyl halides is 3. The van der Waals surface area contributed by atoms with Crippen LogP contribution in [0, 0.1) is 18.8 Å². The van der Waals surface area contributed by atoms with E-state index in [1.165, 1.54) is 12.1 Å². The summed E-state index contributed by atoms with van der Waals surface area (Å²) in [5, 5.41) is 2.63. The van der Waals surface area contributed by atoms with Crippen LogP contribution in [-0.4, -0.2) is 58.9 Å². The zero-order valence-corrected chi connectivity index (χ0v) is 23.4. The van der Waals surface area contributed by atoms with Crippen LogP contribution in [0.5, 0.6) is 0 Å². The van der Waals surface area contributed by atoms with Gasteiger partial charge in [-0.25, -0.2) is 0 Å². The van der Waals surface area contributed by atoms with Crippen LogP contribution < -0.4 is 5.32 Å². The van der Waals surface area contributed by atoms with E-state index in [0.29, 0.717) is 29.8 Å². The summed E-state index contributed by atoms with van der Waals surface area (Å²) in [5.41, 5.74) is 3.53. The number of rotatable bonds is 5. The van der Waals surface area contributed by atoms with Gasteiger partial charge in [0, 0.05) is 67.5 Å². The predicted octanol–water partition coefficient (Wildman–Crippen LogP) is 5.87. The fourth-order valence-corrected chi connectivity index (χ4v) is 4.68. The fraction of sp³-hybridized carbons (Fsp3) is 0.242. The summed E-state index contributed by atoms with van der Waals surface area (Å²) >= 11 is 0. The summed E-state index contributed by atoms with van der Waals surface area (Å²) in [6.45, 7) is 5.12. The van der Waals surface area contributed by atoms with Gasteiger partial charge < -0.3 is 10.2 Å². The number of halogens is 3. The molecule has 0 bridgehead atoms. The highest BCUT2D eigenvalue weighted by atomic mass is 19.4. The van der Waals surface area contributed by atoms with E-state index in [1.807, 2.05) is 49.2 Å². The number of nitrogens with one attached hydrogen (secondary N) is 1. The van der Waals surface area contributed by atoms with Crippen LogP contribution in [0.2, 0.25) is 0 Å². The number of benzene rings is 2. The van der Waals surface area contributed by atoms with Gasteiger partial charge in [-0.15, -0.1) is 0 Å². The molecule has 0 saturated carbocycles. The van der Waals surface area contributed by atoms with Crippen molar-refractivity contribution in [2.24, 2.45) is 0 Å². The molecule has 1 saturated heterocycles. The molecule has 1 aliphatic rings. The fourth-order valence-electron chi connectivity index (χ4n) is 4.68. The lowest BCUT2D eigenvalue weighted by Crippen LogP contribution is -2.44. The van der Waals surface area contributed by atoms with Crippen molar-refractivity contribution in [3.05, 3.63) is 113 Å². The lowest BCUT2D eigenvalue weighted by molar-refractivity contribution is -0.138. The molecule has 0 atom stereocenters. The summed E-state index contributed by atoms with van der Waals surface area (Å²) < 4.78 is 41.9. The number of hydrogen-bond donors (Lipinski definition) is 1. The number of nitrogens with zero attached hydrogens (tertiary/aromatic N) is 4. The highest BCUT2D eigenvalue weighted by molar-refractivity contribution is 6.04. The van der Waals surface area contributed by atoms with Gasteiger partial charge in [-0.2, -0.15) is 13.2 Å². The Balaban J connectivity index is 1.31. The molecule has 5 rings (SSSR count). The SMILES string of the molecule is Cc1ccc(C(=O)Nc2ccc(CN3CCN(C)CC3)c(C(F)(F)F)c2)cc1C#Cc1ccc(-c2ccccn2)nc1. The number of carbonyl (C=O) groups excluding carboxylic acids is 1. The first-order valence-corrected chi connectivity index (χ1v) is 13.6. The zero-order chi connectivity index (χ0) is 29.7. The van der Waals surface area contributed by atoms with Crippen molar-refractivity contribution in [3.8, 4) is 23.2 Å². The van der Waals surface area contributed by atoms with E-state index in [4.69, 9.17) is 0 Å². The Morgan fingerprint density at radius 1 is 0.929 bits per heavy atom. The molecule has 3 heterocycles. The number of hydrogen-bond acceptors (Lipinski definition) is 5. The first kappa shape index (κ1) is 29.0. The number of aromatic nitrogens is 2. The molecular formula is C33H30F3N5O. The molecule has 6 nitrogen and oxygen atoms in total. The number of likely N-dealkylation sites (N-methyl/N-ethyl adjacent to an activating group) is 1. The highest BCUT2D eigenvalue weighted by Gasteiger charge is 2.34. The van der Waals surface area contributed by atoms with Gasteiger partial charge in [0.15, 0.2) is 0 Å². The summed E-state index contributed by atoms with van der Waals surface area (Å²) in [5.74, 6) is 5.64. The molecule has 0 radical (unpaired) electrons. The van der Waals surface area contributed by atoms with Gasteiger partial charge in [0.05, 0.1) is 17.0 Å². The summed E-state index contributed by atoms with van der Waals surface area (Å²) in [7, 11) is 2.00. The molecule has 1 aliphatic heterocycles. The van der Waals surface area contributed by atoms with Crippen LogP contribution in [-0.2, 0) is 12.7 Å². The van der Waals surface area contributed by atoms with Crippen LogP contribution in [0.3, 0.4) is 0 Å². The number of carbonyl (C=O) groups is 1. The van der Waals surface area contributed by atoms with Gasteiger partial charge in [0.25, 0.3) is 5.91 Å². The van der Waals surface area contributed by atoms with Crippen molar-refractivity contribution in [2.45, 2.75) is 19.6 Å². The molecule has 0 spiro atoms. The molecule has 0 unspecified atom stereocenters. The first-order valence-electron chi connectivity index (χ1n) is 13.6. The van der Waals surface area contributed by atoms with Gasteiger partial charge in [0.1, 0.15) is 0 Å². The monoisotopic (exact) mass is 569 g/mol. The smallest absolute Gasteiger partial charge is 0.322 e. The Bertz CT molecular complexity index is 1620. The maximum Gasteiger partial charge on any atom is 0.416 e. The molecule has 42 heavy (non-hydrogen) atoms. The van der Waals surface area contributed by atoms with E-state index in [2.05, 4.69) is 32.0 Å². The molecule has 1 amide bonds. The molecule has 2 aromatic carbocycles. The maximum atomic E-state index is 14.0. The van der Waals surface area contributed by atoms with E-state index < -0.39 is 17.6 Å². The van der Waals surface area contributed by atoms with Crippen molar-refractivity contribution >= 4 is 11.6 Å². The molecule has 9 heteroatoms. The first-order chi connectivity index (χ1) is 20.2. The Morgan fingerprint density at radius 2 is 1.71 bits per heavy atom. The molecular weight excluding hydrogens is 539 g/mol. The third kappa shape index (κ3) is 7.21. The van der Waals surface area contributed by atoms with Crippen molar-refractivity contribution in [1.29, 1.82) is 0 Å². The predicted molar refractivity (Wildman–Crippen MR) is 157 cm³/mol. The Labute approximate surface area is 243 Å². The molecule has 2 aromatic heterocycles. The van der Waals surface area contributed by atoms with Gasteiger partial charge in [-0.1, -0.05) is 30.0 Å². The number of aryl methyl sites for hydroxylation is 1. The highest BCUT2D eigenvalue weighted by Crippen LogP contribution is 2.34. The van der Waals surface area contributed by atoms with Crippen LogP contribution in [0.15, 0.2) is 79.1 Å². The van der Waals surface area contributed by atoms with E-state index in [1.54, 1.807) is 30.6 Å². The largest absolute Gasteiger partial charge is 0.416 e. The number of amides is 1. The van der Waals surface area contributed by atoms with Crippen LogP contribution in [0.4, 0.5) is 18.9 Å². The third-order valence-corrected chi connectivity index (χ3v) is 7.20. The van der Waals surface area contributed by atoms with E-state index >= 15 is 0 Å². The van der Waals surface area contributed by atoms with Crippen LogP contribution in [0.25, 0.3) is 11.4 Å². The molecule has 1 N–H and O–H groups in total. The third-order valence-electron chi connectivity index (χ3n) is 7.20. The number of anilines is 1. The topological polar surface area (TPSA) is 61.4 Å². The number of piperazine rings is 1. The van der Waals surface area contributed by atoms with Gasteiger partial charge >= 0.3 is 6.18 Å². The van der Waals surface area contributed by atoms with E-state index in [-0.39, 0.29) is 17.8 Å². The lowest BCUT2D eigenvalue weighted by atomic mass is 10.0. The number of pyridine rings is 2. The second-order valence-corrected chi connectivity index (χ2v) is 10.3. The Morgan fingerprint density at radius 3 is 2.40 bits per heavy atom.